The van der Waals surface area contributed by atoms with Crippen molar-refractivity contribution in [2.45, 2.75) is 70.9 Å². The largest absolute Gasteiger partial charge is 0.481 e. The first kappa shape index (κ1) is 35.6. The zero-order valence-corrected chi connectivity index (χ0v) is 23.6. The third-order valence-electron chi connectivity index (χ3n) is 6.00. The summed E-state index contributed by atoms with van der Waals surface area (Å²) >= 11 is 1.23. The van der Waals surface area contributed by atoms with E-state index in [1.54, 1.807) is 19.1 Å². The minimum absolute atomic E-state index is 0.217. The Morgan fingerprint density at radius 3 is 1.76 bits per heavy atom. The van der Waals surface area contributed by atoms with Crippen molar-refractivity contribution in [1.29, 1.82) is 0 Å². The second-order valence-electron chi connectivity index (χ2n) is 9.55. The van der Waals surface area contributed by atoms with Crippen molar-refractivity contribution in [1.82, 2.24) is 10.6 Å². The van der Waals surface area contributed by atoms with Gasteiger partial charge in [-0.15, -0.1) is 11.3 Å². The van der Waals surface area contributed by atoms with Crippen LogP contribution >= 0.6 is 11.3 Å². The first-order chi connectivity index (χ1) is 19.5. The van der Waals surface area contributed by atoms with Gasteiger partial charge in [0.25, 0.3) is 0 Å². The highest BCUT2D eigenvalue weighted by atomic mass is 32.1. The van der Waals surface area contributed by atoms with Crippen molar-refractivity contribution in [2.75, 3.05) is 0 Å². The van der Waals surface area contributed by atoms with Gasteiger partial charge in [-0.2, -0.15) is 0 Å². The van der Waals surface area contributed by atoms with Gasteiger partial charge in [0.2, 0.25) is 11.8 Å². The highest BCUT2D eigenvalue weighted by molar-refractivity contribution is 7.14. The van der Waals surface area contributed by atoms with Gasteiger partial charge in [0.1, 0.15) is 0 Å². The second-order valence-corrected chi connectivity index (χ2v) is 10.8. The molecule has 230 valence electrons. The molecule has 0 saturated heterocycles. The molecule has 0 saturated carbocycles. The molecule has 16 heteroatoms. The second kappa shape index (κ2) is 16.7. The van der Waals surface area contributed by atoms with Gasteiger partial charge < -0.3 is 31.1 Å². The van der Waals surface area contributed by atoms with Gasteiger partial charge >= 0.3 is 23.9 Å². The van der Waals surface area contributed by atoms with E-state index in [4.69, 9.17) is 10.2 Å². The van der Waals surface area contributed by atoms with Crippen LogP contribution in [0.2, 0.25) is 0 Å². The summed E-state index contributed by atoms with van der Waals surface area (Å²) in [6.45, 7) is 2.95. The van der Waals surface area contributed by atoms with E-state index >= 15 is 0 Å². The SMILES string of the molecule is Cc1ccc(C(=O)CCC(=O)N[C@@H](CC(=O)O)C(=O)C[C@@H](CC(=O)O)C(=O)N[C@@H](C)C(=O)C[C@@H](CC(=O)O)C(=O)O)s1. The van der Waals surface area contributed by atoms with E-state index in [1.165, 1.54) is 11.3 Å². The van der Waals surface area contributed by atoms with Crippen LogP contribution < -0.4 is 10.6 Å². The Balaban J connectivity index is 2.90. The van der Waals surface area contributed by atoms with Gasteiger partial charge in [-0.05, 0) is 26.0 Å². The molecule has 2 amide bonds. The lowest BCUT2D eigenvalue weighted by Gasteiger charge is -2.21. The Kier molecular flexibility index (Phi) is 14.1. The number of nitrogens with one attached hydrogen (secondary N) is 2. The van der Waals surface area contributed by atoms with Crippen molar-refractivity contribution in [3.63, 3.8) is 0 Å². The van der Waals surface area contributed by atoms with Gasteiger partial charge in [-0.3, -0.25) is 43.2 Å². The fourth-order valence-electron chi connectivity index (χ4n) is 3.76. The number of hydrogen-bond donors (Lipinski definition) is 6. The number of carbonyl (C=O) groups is 9. The Labute approximate surface area is 243 Å². The molecular formula is C26H32N2O13S. The summed E-state index contributed by atoms with van der Waals surface area (Å²) in [4.78, 5) is 109. The number of aryl methyl sites for hydroxylation is 1. The molecule has 0 unspecified atom stereocenters. The summed E-state index contributed by atoms with van der Waals surface area (Å²) in [5.74, 6) is -13.2. The molecule has 1 aromatic heterocycles. The minimum atomic E-state index is -1.65. The number of carbonyl (C=O) groups excluding carboxylic acids is 5. The number of rotatable bonds is 20. The predicted molar refractivity (Wildman–Crippen MR) is 143 cm³/mol. The molecule has 0 spiro atoms. The van der Waals surface area contributed by atoms with Gasteiger partial charge in [-0.1, -0.05) is 0 Å². The number of Topliss-reactive ketones (excluding diaryl/α,β-unsaturated/α-hetero) is 3. The van der Waals surface area contributed by atoms with E-state index in [0.29, 0.717) is 4.88 Å². The van der Waals surface area contributed by atoms with Crippen LogP contribution in [-0.4, -0.2) is 85.6 Å². The highest BCUT2D eigenvalue weighted by Gasteiger charge is 2.33. The normalized spacial score (nSPS) is 13.6. The number of ketones is 3. The Bertz CT molecular complexity index is 1240. The van der Waals surface area contributed by atoms with Gasteiger partial charge in [0.15, 0.2) is 17.3 Å². The molecule has 1 heterocycles. The summed E-state index contributed by atoms with van der Waals surface area (Å²) in [6.07, 6.45) is -4.80. The van der Waals surface area contributed by atoms with E-state index in [2.05, 4.69) is 10.6 Å². The standard InChI is InChI=1S/C26H32N2O13S/c1-12-3-5-20(42-12)17(29)4-6-21(32)28-16(11-24(37)38)19(31)7-14(9-22(33)34)25(39)27-13(2)18(30)8-15(26(40)41)10-23(35)36/h3,5,13-16H,4,6-11H2,1-2H3,(H,27,39)(H,28,32)(H,33,34)(H,35,36)(H,37,38)(H,40,41)/t13-,14-,15-,16-/m0/s1. The summed E-state index contributed by atoms with van der Waals surface area (Å²) in [7, 11) is 0. The summed E-state index contributed by atoms with van der Waals surface area (Å²) in [5, 5.41) is 40.7. The third-order valence-corrected chi connectivity index (χ3v) is 7.04. The molecule has 0 radical (unpaired) electrons. The highest BCUT2D eigenvalue weighted by Crippen LogP contribution is 2.18. The zero-order valence-electron chi connectivity index (χ0n) is 22.8. The van der Waals surface area contributed by atoms with E-state index in [1.807, 2.05) is 0 Å². The topological polar surface area (TPSA) is 259 Å². The first-order valence-corrected chi connectivity index (χ1v) is 13.4. The first-order valence-electron chi connectivity index (χ1n) is 12.6. The molecule has 0 bridgehead atoms. The van der Waals surface area contributed by atoms with E-state index in [-0.39, 0.29) is 18.6 Å². The Morgan fingerprint density at radius 2 is 1.26 bits per heavy atom. The lowest BCUT2D eigenvalue weighted by Crippen LogP contribution is -2.46. The molecule has 0 aromatic carbocycles. The minimum Gasteiger partial charge on any atom is -0.481 e. The molecular weight excluding hydrogens is 580 g/mol. The summed E-state index contributed by atoms with van der Waals surface area (Å²) in [6, 6.07) is 0.300. The van der Waals surface area contributed by atoms with Crippen molar-refractivity contribution < 1.29 is 63.6 Å². The van der Waals surface area contributed by atoms with Crippen LogP contribution in [0.5, 0.6) is 0 Å². The van der Waals surface area contributed by atoms with Crippen LogP contribution in [0.15, 0.2) is 12.1 Å². The average molecular weight is 613 g/mol. The smallest absolute Gasteiger partial charge is 0.307 e. The molecule has 6 N–H and O–H groups in total. The monoisotopic (exact) mass is 612 g/mol. The zero-order chi connectivity index (χ0) is 32.1. The molecule has 1 rings (SSSR count). The maximum atomic E-state index is 12.9. The molecule has 0 aliphatic carbocycles. The van der Waals surface area contributed by atoms with Gasteiger partial charge in [0.05, 0.1) is 48.1 Å². The molecule has 0 aliphatic rings. The Morgan fingerprint density at radius 1 is 0.714 bits per heavy atom. The van der Waals surface area contributed by atoms with E-state index in [9.17, 15) is 53.4 Å². The number of amides is 2. The predicted octanol–water partition coefficient (Wildman–Crippen LogP) is 0.668. The maximum absolute atomic E-state index is 12.9. The van der Waals surface area contributed by atoms with Gasteiger partial charge in [-0.25, -0.2) is 0 Å². The molecule has 15 nitrogen and oxygen atoms in total. The molecule has 0 fully saturated rings. The van der Waals surface area contributed by atoms with Crippen LogP contribution in [0, 0.1) is 18.8 Å². The number of carboxylic acid groups (broad SMARTS) is 4. The van der Waals surface area contributed by atoms with Crippen LogP contribution in [0.3, 0.4) is 0 Å². The van der Waals surface area contributed by atoms with Crippen LogP contribution in [-0.2, 0) is 38.4 Å². The number of hydrogen-bond acceptors (Lipinski definition) is 10. The fraction of sp³-hybridized carbons (Fsp3) is 0.500. The third kappa shape index (κ3) is 12.8. The maximum Gasteiger partial charge on any atom is 0.307 e. The lowest BCUT2D eigenvalue weighted by atomic mass is 9.92. The van der Waals surface area contributed by atoms with Crippen LogP contribution in [0.25, 0.3) is 0 Å². The van der Waals surface area contributed by atoms with Gasteiger partial charge in [0, 0.05) is 30.6 Å². The van der Waals surface area contributed by atoms with E-state index in [0.717, 1.165) is 11.8 Å². The summed E-state index contributed by atoms with van der Waals surface area (Å²) < 4.78 is 0. The fourth-order valence-corrected chi connectivity index (χ4v) is 4.60. The molecule has 4 atom stereocenters. The summed E-state index contributed by atoms with van der Waals surface area (Å²) in [5.41, 5.74) is 0. The van der Waals surface area contributed by atoms with Crippen molar-refractivity contribution in [3.05, 3.63) is 21.9 Å². The molecule has 0 aliphatic heterocycles. The van der Waals surface area contributed by atoms with E-state index < -0.39 is 103 Å². The van der Waals surface area contributed by atoms with Crippen LogP contribution in [0.1, 0.15) is 66.4 Å². The number of aliphatic carboxylic acids is 4. The van der Waals surface area contributed by atoms with Crippen molar-refractivity contribution in [3.8, 4) is 0 Å². The van der Waals surface area contributed by atoms with Crippen molar-refractivity contribution in [2.24, 2.45) is 11.8 Å². The van der Waals surface area contributed by atoms with Crippen LogP contribution in [0.4, 0.5) is 0 Å². The number of carboxylic acids is 4. The number of thiophene rings is 1. The average Bonchev–Trinajstić information content (AvgIpc) is 3.31. The van der Waals surface area contributed by atoms with Crippen molar-refractivity contribution >= 4 is 64.4 Å². The molecule has 42 heavy (non-hydrogen) atoms. The Hall–Kier alpha value is -4.47. The quantitative estimate of drug-likeness (QED) is 0.111. The molecule has 1 aromatic rings. The lowest BCUT2D eigenvalue weighted by molar-refractivity contribution is -0.149.